The number of halogens is 1. The molecule has 0 radical (unpaired) electrons. The zero-order chi connectivity index (χ0) is 17.0. The largest absolute Gasteiger partial charge is 0.496 e. The third-order valence-corrected chi connectivity index (χ3v) is 4.26. The summed E-state index contributed by atoms with van der Waals surface area (Å²) < 4.78 is 5.23. The molecule has 0 aliphatic carbocycles. The van der Waals surface area contributed by atoms with Crippen LogP contribution in [0.2, 0.25) is 5.02 Å². The number of aliphatic hydroxyl groups is 1. The fourth-order valence-corrected chi connectivity index (χ4v) is 2.91. The number of piperidine rings is 1. The number of nitrogens with zero attached hydrogens (tertiary/aromatic N) is 1. The van der Waals surface area contributed by atoms with Gasteiger partial charge in [-0.25, -0.2) is 0 Å². The molecule has 1 aliphatic heterocycles. The van der Waals surface area contributed by atoms with Crippen molar-refractivity contribution in [3.8, 4) is 5.75 Å². The van der Waals surface area contributed by atoms with E-state index in [1.54, 1.807) is 18.2 Å². The van der Waals surface area contributed by atoms with E-state index in [0.29, 0.717) is 30.2 Å². The standard InChI is InChI=1S/C16H21ClN2O4/c1-11(20)19-7-3-6-16(22,10-19)15(21)18-9-12-8-13(17)4-5-14(12)23-2/h4-5,8,22H,3,6-7,9-10H2,1-2H3,(H,18,21). The van der Waals surface area contributed by atoms with Crippen molar-refractivity contribution < 1.29 is 19.4 Å². The molecule has 1 aliphatic rings. The molecule has 1 saturated heterocycles. The van der Waals surface area contributed by atoms with Crippen molar-refractivity contribution in [3.05, 3.63) is 28.8 Å². The second-order valence-corrected chi connectivity index (χ2v) is 6.15. The van der Waals surface area contributed by atoms with E-state index in [-0.39, 0.29) is 19.0 Å². The molecule has 1 atom stereocenters. The number of amides is 2. The quantitative estimate of drug-likeness (QED) is 0.867. The number of carbonyl (C=O) groups is 2. The number of carbonyl (C=O) groups excluding carboxylic acids is 2. The normalized spacial score (nSPS) is 21.0. The van der Waals surface area contributed by atoms with Crippen molar-refractivity contribution in [2.24, 2.45) is 0 Å². The first-order valence-electron chi connectivity index (χ1n) is 7.44. The second-order valence-electron chi connectivity index (χ2n) is 5.71. The Bertz CT molecular complexity index is 608. The summed E-state index contributed by atoms with van der Waals surface area (Å²) in [5.41, 5.74) is -0.841. The molecule has 2 N–H and O–H groups in total. The SMILES string of the molecule is COc1ccc(Cl)cc1CNC(=O)C1(O)CCCN(C(C)=O)C1. The molecule has 1 fully saturated rings. The molecule has 1 aromatic rings. The van der Waals surface area contributed by atoms with Gasteiger partial charge in [0, 0.05) is 30.6 Å². The highest BCUT2D eigenvalue weighted by atomic mass is 35.5. The Morgan fingerprint density at radius 3 is 2.87 bits per heavy atom. The Balaban J connectivity index is 2.04. The first kappa shape index (κ1) is 17.6. The van der Waals surface area contributed by atoms with Gasteiger partial charge >= 0.3 is 0 Å². The summed E-state index contributed by atoms with van der Waals surface area (Å²) in [7, 11) is 1.54. The molecule has 23 heavy (non-hydrogen) atoms. The topological polar surface area (TPSA) is 78.9 Å². The average Bonchev–Trinajstić information content (AvgIpc) is 2.52. The van der Waals surface area contributed by atoms with Gasteiger partial charge in [0.1, 0.15) is 5.75 Å². The maximum atomic E-state index is 12.4. The third-order valence-electron chi connectivity index (χ3n) is 4.02. The number of ether oxygens (including phenoxy) is 1. The van der Waals surface area contributed by atoms with Gasteiger partial charge in [-0.2, -0.15) is 0 Å². The number of methoxy groups -OCH3 is 1. The minimum Gasteiger partial charge on any atom is -0.496 e. The molecule has 1 aromatic carbocycles. The lowest BCUT2D eigenvalue weighted by Gasteiger charge is -2.37. The molecule has 0 saturated carbocycles. The smallest absolute Gasteiger partial charge is 0.254 e. The van der Waals surface area contributed by atoms with Crippen molar-refractivity contribution in [3.63, 3.8) is 0 Å². The molecule has 0 bridgehead atoms. The summed E-state index contributed by atoms with van der Waals surface area (Å²) in [6.45, 7) is 2.19. The molecule has 0 aromatic heterocycles. The fraction of sp³-hybridized carbons (Fsp3) is 0.500. The van der Waals surface area contributed by atoms with E-state index in [1.165, 1.54) is 18.9 Å². The van der Waals surface area contributed by atoms with Gasteiger partial charge in [-0.05, 0) is 31.0 Å². The number of benzene rings is 1. The van der Waals surface area contributed by atoms with E-state index >= 15 is 0 Å². The van der Waals surface area contributed by atoms with Gasteiger partial charge in [0.2, 0.25) is 5.91 Å². The third kappa shape index (κ3) is 4.14. The van der Waals surface area contributed by atoms with Gasteiger partial charge in [0.05, 0.1) is 13.7 Å². The first-order valence-corrected chi connectivity index (χ1v) is 7.82. The Morgan fingerprint density at radius 1 is 1.48 bits per heavy atom. The van der Waals surface area contributed by atoms with Crippen molar-refractivity contribution in [1.82, 2.24) is 10.2 Å². The first-order chi connectivity index (χ1) is 10.9. The maximum Gasteiger partial charge on any atom is 0.254 e. The molecular weight excluding hydrogens is 320 g/mol. The number of β-amino-alcohol motifs (C(OH)–C–C–N with tert-alkyl or cyclic N) is 1. The summed E-state index contributed by atoms with van der Waals surface area (Å²) in [6.07, 6.45) is 0.916. The zero-order valence-electron chi connectivity index (χ0n) is 13.3. The van der Waals surface area contributed by atoms with Crippen molar-refractivity contribution in [2.45, 2.75) is 31.9 Å². The van der Waals surface area contributed by atoms with Gasteiger partial charge in [-0.1, -0.05) is 11.6 Å². The van der Waals surface area contributed by atoms with Gasteiger partial charge < -0.3 is 20.1 Å². The van der Waals surface area contributed by atoms with Gasteiger partial charge in [-0.15, -0.1) is 0 Å². The van der Waals surface area contributed by atoms with Crippen LogP contribution in [-0.4, -0.2) is 47.6 Å². The second kappa shape index (κ2) is 7.19. The zero-order valence-corrected chi connectivity index (χ0v) is 14.0. The van der Waals surface area contributed by atoms with Crippen molar-refractivity contribution in [2.75, 3.05) is 20.2 Å². The minimum absolute atomic E-state index is 0.0147. The summed E-state index contributed by atoms with van der Waals surface area (Å²) in [6, 6.07) is 5.12. The van der Waals surface area contributed by atoms with Crippen LogP contribution < -0.4 is 10.1 Å². The fourth-order valence-electron chi connectivity index (χ4n) is 2.72. The Hall–Kier alpha value is -1.79. The lowest BCUT2D eigenvalue weighted by Crippen LogP contribution is -2.57. The Morgan fingerprint density at radius 2 is 2.22 bits per heavy atom. The highest BCUT2D eigenvalue weighted by Crippen LogP contribution is 2.24. The highest BCUT2D eigenvalue weighted by molar-refractivity contribution is 6.30. The predicted molar refractivity (Wildman–Crippen MR) is 86.3 cm³/mol. The average molecular weight is 341 g/mol. The van der Waals surface area contributed by atoms with Crippen molar-refractivity contribution in [1.29, 1.82) is 0 Å². The molecule has 1 heterocycles. The van der Waals surface area contributed by atoms with E-state index < -0.39 is 11.5 Å². The van der Waals surface area contributed by atoms with E-state index in [2.05, 4.69) is 5.32 Å². The summed E-state index contributed by atoms with van der Waals surface area (Å²) in [5.74, 6) is -0.0337. The van der Waals surface area contributed by atoms with Crippen LogP contribution in [0.15, 0.2) is 18.2 Å². The maximum absolute atomic E-state index is 12.4. The van der Waals surface area contributed by atoms with Crippen LogP contribution in [0.3, 0.4) is 0 Å². The summed E-state index contributed by atoms with van der Waals surface area (Å²) in [4.78, 5) is 25.3. The molecule has 6 nitrogen and oxygen atoms in total. The monoisotopic (exact) mass is 340 g/mol. The van der Waals surface area contributed by atoms with Crippen LogP contribution >= 0.6 is 11.6 Å². The van der Waals surface area contributed by atoms with E-state index in [0.717, 1.165) is 5.56 Å². The molecule has 1 unspecified atom stereocenters. The van der Waals surface area contributed by atoms with Crippen LogP contribution in [0, 0.1) is 0 Å². The molecule has 2 rings (SSSR count). The number of hydrogen-bond donors (Lipinski definition) is 2. The number of likely N-dealkylation sites (tertiary alicyclic amines) is 1. The van der Waals surface area contributed by atoms with Gasteiger partial charge in [-0.3, -0.25) is 9.59 Å². The van der Waals surface area contributed by atoms with Crippen LogP contribution in [0.1, 0.15) is 25.3 Å². The molecule has 2 amide bonds. The summed E-state index contributed by atoms with van der Waals surface area (Å²) >= 11 is 5.96. The predicted octanol–water partition coefficient (Wildman–Crippen LogP) is 1.34. The Labute approximate surface area is 140 Å². The molecule has 7 heteroatoms. The van der Waals surface area contributed by atoms with Crippen LogP contribution in [-0.2, 0) is 16.1 Å². The lowest BCUT2D eigenvalue weighted by atomic mass is 9.91. The number of hydrogen-bond acceptors (Lipinski definition) is 4. The van der Waals surface area contributed by atoms with Crippen LogP contribution in [0.25, 0.3) is 0 Å². The summed E-state index contributed by atoms with van der Waals surface area (Å²) in [5, 5.41) is 13.8. The molecular formula is C16H21ClN2O4. The number of nitrogens with one attached hydrogen (secondary N) is 1. The Kier molecular flexibility index (Phi) is 5.49. The van der Waals surface area contributed by atoms with E-state index in [4.69, 9.17) is 16.3 Å². The lowest BCUT2D eigenvalue weighted by molar-refractivity contribution is -0.150. The van der Waals surface area contributed by atoms with E-state index in [1.807, 2.05) is 0 Å². The molecule has 0 spiro atoms. The van der Waals surface area contributed by atoms with Gasteiger partial charge in [0.15, 0.2) is 5.60 Å². The van der Waals surface area contributed by atoms with Crippen LogP contribution in [0.5, 0.6) is 5.75 Å². The highest BCUT2D eigenvalue weighted by Gasteiger charge is 2.40. The van der Waals surface area contributed by atoms with Gasteiger partial charge in [0.25, 0.3) is 5.91 Å². The van der Waals surface area contributed by atoms with E-state index in [9.17, 15) is 14.7 Å². The number of rotatable bonds is 4. The van der Waals surface area contributed by atoms with Crippen LogP contribution in [0.4, 0.5) is 0 Å². The minimum atomic E-state index is -1.56. The van der Waals surface area contributed by atoms with Crippen molar-refractivity contribution >= 4 is 23.4 Å². The molecule has 126 valence electrons.